The average molecular weight is 1690 g/mol. The van der Waals surface area contributed by atoms with Crippen LogP contribution in [0.25, 0.3) is 0 Å². The highest BCUT2D eigenvalue weighted by Crippen LogP contribution is 2.50. The van der Waals surface area contributed by atoms with Crippen LogP contribution in [0.5, 0.6) is 29.0 Å². The van der Waals surface area contributed by atoms with E-state index < -0.39 is 118 Å². The molecule has 7 fully saturated rings. The Bertz CT molecular complexity index is 4850. The minimum absolute atomic E-state index is 0. The molecule has 0 amide bonds. The third-order valence-electron chi connectivity index (χ3n) is 20.1. The van der Waals surface area contributed by atoms with Gasteiger partial charge in [0.1, 0.15) is 101 Å². The molecule has 110 heavy (non-hydrogen) atoms. The van der Waals surface area contributed by atoms with Gasteiger partial charge >= 0.3 is 0 Å². The molecule has 0 bridgehead atoms. The monoisotopic (exact) mass is 1690 g/mol. The molecule has 6 N–H and O–H groups in total. The summed E-state index contributed by atoms with van der Waals surface area (Å²) in [6.45, 7) is 18.1. The number of pyridine rings is 2. The zero-order chi connectivity index (χ0) is 77.3. The molecule has 7 saturated heterocycles. The van der Waals surface area contributed by atoms with E-state index in [1.165, 1.54) is 107 Å². The molecule has 6 aromatic rings. The summed E-state index contributed by atoms with van der Waals surface area (Å²) in [5.41, 5.74) is 0.644. The van der Waals surface area contributed by atoms with Gasteiger partial charge < -0.3 is 55.2 Å². The van der Waals surface area contributed by atoms with Gasteiger partial charge in [0.25, 0.3) is 11.8 Å². The number of aromatic hydroxyl groups is 1. The molecule has 0 radical (unpaired) electrons. The van der Waals surface area contributed by atoms with E-state index in [-0.39, 0.29) is 181 Å². The number of aliphatic imine (C=N–C) groups is 1. The number of nitrogens with two attached hydrogens (primary N) is 1. The van der Waals surface area contributed by atoms with Crippen molar-refractivity contribution in [3.8, 4) is 29.0 Å². The number of halogens is 7. The van der Waals surface area contributed by atoms with Gasteiger partial charge in [0.15, 0.2) is 11.6 Å². The van der Waals surface area contributed by atoms with Crippen molar-refractivity contribution in [3.63, 3.8) is 0 Å². The van der Waals surface area contributed by atoms with Crippen molar-refractivity contribution in [3.05, 3.63) is 208 Å². The average Bonchev–Trinajstić information content (AvgIpc) is 0.735. The van der Waals surface area contributed by atoms with Crippen molar-refractivity contribution in [1.82, 2.24) is 43.1 Å². The molecule has 4 aromatic carbocycles. The van der Waals surface area contributed by atoms with Gasteiger partial charge in [-0.1, -0.05) is 65.4 Å². The number of phenolic OH excluding ortho intramolecular Hbond substituents is 1. The van der Waals surface area contributed by atoms with Crippen LogP contribution >= 0.6 is 15.9 Å². The minimum Gasteiger partial charge on any atom is -0.508 e. The number of hydrogen-bond acceptors (Lipinski definition) is 22. The van der Waals surface area contributed by atoms with Crippen LogP contribution < -0.4 is 31.2 Å². The van der Waals surface area contributed by atoms with Gasteiger partial charge in [-0.05, 0) is 150 Å². The molecule has 0 unspecified atom stereocenters. The molecule has 604 valence electrons. The standard InChI is InChI=1S/C20H21F2N3O4S.C19H20F2N4O4S.C15H18BrFN2O3S.C15H19FN2O4S.4CH4/c1-12-9-18-20(11-28-12,24-13(2)25(3)30(18,26)27)15-10-14(6-7-16(15)21)29-19-17(22)5-4-8-23-19;1-11-8-16-19(10-28-11,24-18(22)25(2)30(16,26)27)13-9-12(5-6-14(13)20)29-17-15(21)4-3-7-23-17;1-9-6-14-15(8-22-9,12-7-11(16)4-5-13(12)17)18-10(2)19(3)23(14,20)21;1-9-6-14-15(8-22-9,12-7-11(19)4-5-13(12)16)17-10(2)18(3)23(14,20)21;;;;/h4-8,10,12,18,24H,2,9,11H2,1,3H3;3-7,9,11,16H,8,10H2,1-2H3,(H2,22,24);4-5,7,9,14,18H,2,6,8H2,1,3H3;4-5,7,9,14,17,19H,2,6,8H2,1,3H3;4*1H4/t12-,18+,20+;11-,16+,19+;2*9-,14+,15+;;;;/m0000..../s1. The smallest absolute Gasteiger partial charge is 0.255 e. The SMILES string of the molecule is C.C.C.C.C=C1N[C@@]2(c3cc(Br)ccc3F)CO[C@@H](C)C[C@H]2S(=O)(=O)N1C.C=C1N[C@@]2(c3cc(O)ccc3F)CO[C@@H](C)C[C@H]2S(=O)(=O)N1C.C=C1N[C@@]2(c3cc(Oc4ncccc4F)ccc3F)CO[C@@H](C)C[C@H]2S(=O)(=O)N1C.C[C@H]1C[C@@H]2[C@](c3cc(Oc4ncccc4F)ccc3F)(CO1)N=C(N)N(C)S2(=O)=O. The van der Waals surface area contributed by atoms with Crippen LogP contribution in [0.3, 0.4) is 0 Å². The fraction of sp³-hybridized carbons (Fsp3) is 0.438. The number of fused-ring (bicyclic) bond motifs is 4. The molecule has 8 aliphatic rings. The highest BCUT2D eigenvalue weighted by Gasteiger charge is 2.62. The Morgan fingerprint density at radius 3 is 1.20 bits per heavy atom. The Balaban J connectivity index is 0.000000203. The number of nitrogens with zero attached hydrogens (tertiary/aromatic N) is 7. The molecule has 10 heterocycles. The number of ether oxygens (including phenoxy) is 6. The van der Waals surface area contributed by atoms with Crippen LogP contribution in [-0.2, 0) is 81.2 Å². The van der Waals surface area contributed by atoms with E-state index >= 15 is 4.39 Å². The van der Waals surface area contributed by atoms with Gasteiger partial charge in [0.2, 0.25) is 46.1 Å². The number of nitrogens with one attached hydrogen (secondary N) is 3. The Morgan fingerprint density at radius 1 is 0.473 bits per heavy atom. The van der Waals surface area contributed by atoms with Gasteiger partial charge in [-0.2, -0.15) is 0 Å². The Hall–Kier alpha value is -8.43. The summed E-state index contributed by atoms with van der Waals surface area (Å²) in [4.78, 5) is 12.0. The predicted molar refractivity (Wildman–Crippen MR) is 408 cm³/mol. The summed E-state index contributed by atoms with van der Waals surface area (Å²) in [7, 11) is -9.61. The summed E-state index contributed by atoms with van der Waals surface area (Å²) in [5, 5.41) is 15.1. The lowest BCUT2D eigenvalue weighted by Gasteiger charge is -2.52. The number of guanidine groups is 1. The van der Waals surface area contributed by atoms with Crippen LogP contribution in [-0.4, -0.2) is 172 Å². The van der Waals surface area contributed by atoms with Crippen LogP contribution in [0.1, 0.15) is 105 Å². The molecule has 2 aromatic heterocycles. The second-order valence-corrected chi connectivity index (χ2v) is 36.3. The number of rotatable bonds is 8. The maximum atomic E-state index is 15.0. The summed E-state index contributed by atoms with van der Waals surface area (Å²) in [6.07, 6.45) is 2.27. The van der Waals surface area contributed by atoms with E-state index in [2.05, 4.69) is 66.6 Å². The maximum Gasteiger partial charge on any atom is 0.255 e. The lowest BCUT2D eigenvalue weighted by molar-refractivity contribution is -0.0338. The van der Waals surface area contributed by atoms with E-state index in [4.69, 9.17) is 34.2 Å². The second-order valence-electron chi connectivity index (χ2n) is 26.8. The number of hydrogen-bond donors (Lipinski definition) is 5. The molecule has 14 rings (SSSR count). The normalized spacial score (nSPS) is 29.0. The third kappa shape index (κ3) is 16.0. The van der Waals surface area contributed by atoms with E-state index in [0.717, 1.165) is 35.4 Å². The predicted octanol–water partition coefficient (Wildman–Crippen LogP) is 11.1. The van der Waals surface area contributed by atoms with Gasteiger partial charge in [0.05, 0.1) is 50.8 Å². The zero-order valence-corrected chi connectivity index (χ0v) is 63.3. The van der Waals surface area contributed by atoms with Crippen molar-refractivity contribution in [2.45, 2.75) is 151 Å². The summed E-state index contributed by atoms with van der Waals surface area (Å²) in [5.74, 6) is -4.16. The first-order chi connectivity index (χ1) is 49.7. The van der Waals surface area contributed by atoms with Gasteiger partial charge in [-0.25, -0.2) is 79.3 Å². The van der Waals surface area contributed by atoms with E-state index in [1.54, 1.807) is 32.9 Å². The minimum atomic E-state index is -3.93. The van der Waals surface area contributed by atoms with Crippen molar-refractivity contribution >= 4 is 62.0 Å². The number of phenols is 1. The van der Waals surface area contributed by atoms with Crippen LogP contribution in [0.15, 0.2) is 156 Å². The highest BCUT2D eigenvalue weighted by atomic mass is 79.9. The number of sulfonamides is 4. The molecule has 0 aliphatic carbocycles. The van der Waals surface area contributed by atoms with E-state index in [9.17, 15) is 60.7 Å². The van der Waals surface area contributed by atoms with Crippen LogP contribution in [0.2, 0.25) is 0 Å². The fourth-order valence-electron chi connectivity index (χ4n) is 14.2. The van der Waals surface area contributed by atoms with E-state index in [0.29, 0.717) is 4.47 Å². The summed E-state index contributed by atoms with van der Waals surface area (Å²) < 4.78 is 230. The summed E-state index contributed by atoms with van der Waals surface area (Å²) >= 11 is 3.33. The Labute approximate surface area is 648 Å². The largest absolute Gasteiger partial charge is 0.508 e. The lowest BCUT2D eigenvalue weighted by Crippen LogP contribution is -2.68. The summed E-state index contributed by atoms with van der Waals surface area (Å²) in [6, 6.07) is 20.7. The van der Waals surface area contributed by atoms with E-state index in [1.807, 2.05) is 6.92 Å². The van der Waals surface area contributed by atoms with Crippen molar-refractivity contribution < 1.29 is 93.5 Å². The topological polar surface area (TPSA) is 325 Å². The van der Waals surface area contributed by atoms with Crippen molar-refractivity contribution in [2.75, 3.05) is 54.6 Å². The molecule has 8 aliphatic heterocycles. The number of benzene rings is 4. The third-order valence-corrected chi connectivity index (χ3v) is 29.8. The number of aromatic nitrogens is 2. The van der Waals surface area contributed by atoms with Crippen LogP contribution in [0.4, 0.5) is 26.3 Å². The molecule has 0 saturated carbocycles. The lowest BCUT2D eigenvalue weighted by atomic mass is 9.82. The Morgan fingerprint density at radius 2 is 0.800 bits per heavy atom. The zero-order valence-electron chi connectivity index (χ0n) is 58.4. The van der Waals surface area contributed by atoms with Crippen molar-refractivity contribution in [2.24, 2.45) is 10.7 Å². The second kappa shape index (κ2) is 33.1. The molecular formula is C73H94BrF6N11O15S4. The molecule has 26 nitrogen and oxygen atoms in total. The van der Waals surface area contributed by atoms with Crippen molar-refractivity contribution in [1.29, 1.82) is 0 Å². The first kappa shape index (κ1) is 88.8. The van der Waals surface area contributed by atoms with Gasteiger partial charge in [-0.15, -0.1) is 0 Å². The first-order valence-corrected chi connectivity index (χ1v) is 39.7. The molecule has 0 spiro atoms. The molecule has 37 heteroatoms. The first-order valence-electron chi connectivity index (χ1n) is 32.9. The maximum absolute atomic E-state index is 15.0. The Kier molecular flexibility index (Phi) is 26.7. The highest BCUT2D eigenvalue weighted by molar-refractivity contribution is 9.10. The fourth-order valence-corrected chi connectivity index (χ4v) is 22.5. The van der Waals surface area contributed by atoms with Gasteiger partial charge in [0, 0.05) is 67.3 Å². The molecular weight excluding hydrogens is 1590 g/mol. The quantitative estimate of drug-likeness (QED) is 0.0884. The van der Waals surface area contributed by atoms with Crippen LogP contribution in [0, 0.1) is 34.9 Å². The molecule has 12 atom stereocenters. The van der Waals surface area contributed by atoms with Gasteiger partial charge in [-0.3, -0.25) is 12.9 Å².